The largest absolute Gasteiger partial charge is 0.348 e. The molecule has 1 aliphatic rings. The molecule has 1 N–H and O–H groups in total. The van der Waals surface area contributed by atoms with Crippen LogP contribution in [-0.4, -0.2) is 30.2 Å². The molecule has 0 spiro atoms. The van der Waals surface area contributed by atoms with Crippen LogP contribution in [0.5, 0.6) is 0 Å². The molecule has 0 atom stereocenters. The molecule has 2 heterocycles. The molecular formula is C14H22N6. The Morgan fingerprint density at radius 1 is 1.15 bits per heavy atom. The maximum atomic E-state index is 4.21. The Morgan fingerprint density at radius 2 is 2.00 bits per heavy atom. The fourth-order valence-electron chi connectivity index (χ4n) is 3.01. The standard InChI is InChI=1S/C14H22N6/c1-2-7-13(8-3-1)20-14(17-18-19-20)9-5-4-6-12-10-15-11-16-12/h10-11,13H,1-9H2,(H,15,16). The zero-order valence-corrected chi connectivity index (χ0v) is 11.8. The molecule has 0 aliphatic heterocycles. The molecule has 0 radical (unpaired) electrons. The van der Waals surface area contributed by atoms with Crippen molar-refractivity contribution in [2.45, 2.75) is 63.8 Å². The third-order valence-corrected chi connectivity index (χ3v) is 4.13. The highest BCUT2D eigenvalue weighted by molar-refractivity contribution is 4.94. The first-order valence-electron chi connectivity index (χ1n) is 7.67. The predicted molar refractivity (Wildman–Crippen MR) is 75.2 cm³/mol. The van der Waals surface area contributed by atoms with Crippen LogP contribution in [-0.2, 0) is 12.8 Å². The van der Waals surface area contributed by atoms with Gasteiger partial charge in [-0.25, -0.2) is 9.67 Å². The second-order valence-electron chi connectivity index (χ2n) is 5.62. The molecule has 6 heteroatoms. The van der Waals surface area contributed by atoms with Gasteiger partial charge in [-0.1, -0.05) is 19.3 Å². The van der Waals surface area contributed by atoms with Gasteiger partial charge < -0.3 is 4.98 Å². The van der Waals surface area contributed by atoms with Gasteiger partial charge in [0.15, 0.2) is 5.82 Å². The van der Waals surface area contributed by atoms with E-state index in [1.807, 2.05) is 6.20 Å². The highest BCUT2D eigenvalue weighted by Gasteiger charge is 2.19. The second-order valence-corrected chi connectivity index (χ2v) is 5.62. The van der Waals surface area contributed by atoms with Crippen molar-refractivity contribution < 1.29 is 0 Å². The third kappa shape index (κ3) is 3.23. The van der Waals surface area contributed by atoms with Crippen LogP contribution in [0.15, 0.2) is 12.5 Å². The van der Waals surface area contributed by atoms with Gasteiger partial charge in [-0.15, -0.1) is 5.10 Å². The van der Waals surface area contributed by atoms with Crippen LogP contribution in [0.25, 0.3) is 0 Å². The normalized spacial score (nSPS) is 16.6. The van der Waals surface area contributed by atoms with Crippen molar-refractivity contribution in [1.29, 1.82) is 0 Å². The molecular weight excluding hydrogens is 252 g/mol. The summed E-state index contributed by atoms with van der Waals surface area (Å²) in [7, 11) is 0. The minimum absolute atomic E-state index is 0.529. The van der Waals surface area contributed by atoms with Gasteiger partial charge in [-0.05, 0) is 42.5 Å². The summed E-state index contributed by atoms with van der Waals surface area (Å²) in [4.78, 5) is 7.17. The molecule has 0 saturated heterocycles. The minimum atomic E-state index is 0.529. The molecule has 2 aromatic rings. The average molecular weight is 274 g/mol. The number of unbranched alkanes of at least 4 members (excludes halogenated alkanes) is 1. The average Bonchev–Trinajstić information content (AvgIpc) is 3.16. The first-order chi connectivity index (χ1) is 9.93. The van der Waals surface area contributed by atoms with E-state index in [1.54, 1.807) is 6.33 Å². The van der Waals surface area contributed by atoms with E-state index < -0.39 is 0 Å². The lowest BCUT2D eigenvalue weighted by Crippen LogP contribution is -2.17. The third-order valence-electron chi connectivity index (χ3n) is 4.13. The maximum Gasteiger partial charge on any atom is 0.151 e. The first kappa shape index (κ1) is 13.3. The Morgan fingerprint density at radius 3 is 2.80 bits per heavy atom. The van der Waals surface area contributed by atoms with Gasteiger partial charge in [0.25, 0.3) is 0 Å². The van der Waals surface area contributed by atoms with Gasteiger partial charge in [-0.2, -0.15) is 0 Å². The Hall–Kier alpha value is -1.72. The summed E-state index contributed by atoms with van der Waals surface area (Å²) in [6.45, 7) is 0. The van der Waals surface area contributed by atoms with E-state index in [4.69, 9.17) is 0 Å². The second kappa shape index (κ2) is 6.63. The fraction of sp³-hybridized carbons (Fsp3) is 0.714. The number of imidazole rings is 1. The number of rotatable bonds is 6. The van der Waals surface area contributed by atoms with Crippen LogP contribution in [0, 0.1) is 0 Å². The van der Waals surface area contributed by atoms with Gasteiger partial charge >= 0.3 is 0 Å². The van der Waals surface area contributed by atoms with E-state index in [1.165, 1.54) is 37.8 Å². The van der Waals surface area contributed by atoms with Gasteiger partial charge in [0, 0.05) is 18.3 Å². The summed E-state index contributed by atoms with van der Waals surface area (Å²) >= 11 is 0. The lowest BCUT2D eigenvalue weighted by Gasteiger charge is -2.22. The van der Waals surface area contributed by atoms with Crippen molar-refractivity contribution in [2.75, 3.05) is 0 Å². The Bertz CT molecular complexity index is 497. The van der Waals surface area contributed by atoms with Gasteiger partial charge in [0.05, 0.1) is 12.4 Å². The predicted octanol–water partition coefficient (Wildman–Crippen LogP) is 2.47. The lowest BCUT2D eigenvalue weighted by molar-refractivity contribution is 0.316. The highest BCUT2D eigenvalue weighted by atomic mass is 15.5. The van der Waals surface area contributed by atoms with Crippen molar-refractivity contribution in [3.8, 4) is 0 Å². The summed E-state index contributed by atoms with van der Waals surface area (Å²) < 4.78 is 2.08. The van der Waals surface area contributed by atoms with E-state index in [9.17, 15) is 0 Å². The molecule has 0 bridgehead atoms. The number of hydrogen-bond donors (Lipinski definition) is 1. The number of nitrogens with one attached hydrogen (secondary N) is 1. The number of H-pyrrole nitrogens is 1. The van der Waals surface area contributed by atoms with Crippen LogP contribution < -0.4 is 0 Å². The summed E-state index contributed by atoms with van der Waals surface area (Å²) in [6.07, 6.45) is 14.3. The Balaban J connectivity index is 1.49. The number of nitrogens with zero attached hydrogens (tertiary/aromatic N) is 5. The van der Waals surface area contributed by atoms with Crippen LogP contribution in [0.2, 0.25) is 0 Å². The molecule has 1 fully saturated rings. The molecule has 6 nitrogen and oxygen atoms in total. The van der Waals surface area contributed by atoms with Crippen molar-refractivity contribution >= 4 is 0 Å². The number of aromatic amines is 1. The van der Waals surface area contributed by atoms with E-state index in [0.29, 0.717) is 6.04 Å². The topological polar surface area (TPSA) is 72.3 Å². The van der Waals surface area contributed by atoms with E-state index in [0.717, 1.165) is 31.5 Å². The van der Waals surface area contributed by atoms with Crippen LogP contribution in [0.1, 0.15) is 62.5 Å². The summed E-state index contributed by atoms with van der Waals surface area (Å²) in [6, 6.07) is 0.529. The van der Waals surface area contributed by atoms with Crippen molar-refractivity contribution in [3.63, 3.8) is 0 Å². The number of hydrogen-bond acceptors (Lipinski definition) is 4. The quantitative estimate of drug-likeness (QED) is 0.821. The molecule has 0 amide bonds. The van der Waals surface area contributed by atoms with Crippen molar-refractivity contribution in [3.05, 3.63) is 24.0 Å². The number of tetrazole rings is 1. The minimum Gasteiger partial charge on any atom is -0.348 e. The molecule has 20 heavy (non-hydrogen) atoms. The highest BCUT2D eigenvalue weighted by Crippen LogP contribution is 2.28. The zero-order chi connectivity index (χ0) is 13.6. The summed E-state index contributed by atoms with van der Waals surface area (Å²) in [5.74, 6) is 1.06. The lowest BCUT2D eigenvalue weighted by atomic mass is 9.95. The molecule has 0 aromatic carbocycles. The van der Waals surface area contributed by atoms with E-state index in [-0.39, 0.29) is 0 Å². The molecule has 108 valence electrons. The van der Waals surface area contributed by atoms with Crippen LogP contribution >= 0.6 is 0 Å². The fourth-order valence-corrected chi connectivity index (χ4v) is 3.01. The van der Waals surface area contributed by atoms with Gasteiger partial charge in [0.2, 0.25) is 0 Å². The smallest absolute Gasteiger partial charge is 0.151 e. The maximum absolute atomic E-state index is 4.21. The number of aryl methyl sites for hydroxylation is 2. The van der Waals surface area contributed by atoms with Crippen molar-refractivity contribution in [2.24, 2.45) is 0 Å². The Labute approximate surface area is 119 Å². The van der Waals surface area contributed by atoms with Crippen LogP contribution in [0.3, 0.4) is 0 Å². The van der Waals surface area contributed by atoms with Gasteiger partial charge in [0.1, 0.15) is 0 Å². The number of aromatic nitrogens is 6. The monoisotopic (exact) mass is 274 g/mol. The SMILES string of the molecule is c1ncc(CCCCc2nnnn2C2CCCCC2)[nH]1. The van der Waals surface area contributed by atoms with Gasteiger partial charge in [-0.3, -0.25) is 0 Å². The van der Waals surface area contributed by atoms with Crippen LogP contribution in [0.4, 0.5) is 0 Å². The summed E-state index contributed by atoms with van der Waals surface area (Å²) in [5.41, 5.74) is 1.21. The van der Waals surface area contributed by atoms with E-state index in [2.05, 4.69) is 30.2 Å². The van der Waals surface area contributed by atoms with E-state index >= 15 is 0 Å². The Kier molecular flexibility index (Phi) is 4.40. The summed E-state index contributed by atoms with van der Waals surface area (Å²) in [5, 5.41) is 12.3. The molecule has 0 unspecified atom stereocenters. The first-order valence-corrected chi connectivity index (χ1v) is 7.67. The zero-order valence-electron chi connectivity index (χ0n) is 11.8. The molecule has 2 aromatic heterocycles. The van der Waals surface area contributed by atoms with Crippen molar-refractivity contribution in [1.82, 2.24) is 30.2 Å². The molecule has 1 saturated carbocycles. The molecule has 3 rings (SSSR count). The molecule has 1 aliphatic carbocycles.